The van der Waals surface area contributed by atoms with Crippen molar-refractivity contribution in [2.45, 2.75) is 66.2 Å². The van der Waals surface area contributed by atoms with Crippen molar-refractivity contribution in [3.05, 3.63) is 0 Å². The second-order valence-corrected chi connectivity index (χ2v) is 3.51. The summed E-state index contributed by atoms with van der Waals surface area (Å²) < 4.78 is 0. The highest BCUT2D eigenvalue weighted by Crippen LogP contribution is 2.04. The first-order valence-corrected chi connectivity index (χ1v) is 7.06. The van der Waals surface area contributed by atoms with Crippen LogP contribution in [0.15, 0.2) is 0 Å². The minimum absolute atomic E-state index is 0.250. The quantitative estimate of drug-likeness (QED) is 0.561. The summed E-state index contributed by atoms with van der Waals surface area (Å²) in [6.45, 7) is 7.94. The van der Waals surface area contributed by atoms with Crippen LogP contribution in [0.5, 0.6) is 0 Å². The topological polar surface area (TPSA) is 98.0 Å². The molecule has 4 N–H and O–H groups in total. The van der Waals surface area contributed by atoms with Gasteiger partial charge in [0.2, 0.25) is 0 Å². The van der Waals surface area contributed by atoms with Crippen molar-refractivity contribution in [3.8, 4) is 0 Å². The second kappa shape index (κ2) is 36.0. The van der Waals surface area contributed by atoms with E-state index in [-0.39, 0.29) is 19.8 Å². The van der Waals surface area contributed by atoms with E-state index in [9.17, 15) is 4.79 Å². The Morgan fingerprint density at radius 1 is 0.737 bits per heavy atom. The zero-order valence-corrected chi connectivity index (χ0v) is 13.1. The Morgan fingerprint density at radius 3 is 1.32 bits per heavy atom. The Bertz CT molecular complexity index is 124. The molecule has 0 aliphatic carbocycles. The summed E-state index contributed by atoms with van der Waals surface area (Å²) in [6.07, 6.45) is 5.88. The summed E-state index contributed by atoms with van der Waals surface area (Å²) >= 11 is 0. The van der Waals surface area contributed by atoms with Gasteiger partial charge in [-0.15, -0.1) is 0 Å². The van der Waals surface area contributed by atoms with Gasteiger partial charge in [-0.1, -0.05) is 32.6 Å². The predicted molar refractivity (Wildman–Crippen MR) is 79.3 cm³/mol. The van der Waals surface area contributed by atoms with Gasteiger partial charge < -0.3 is 20.4 Å². The molecule has 0 saturated carbocycles. The average Bonchev–Trinajstić information content (AvgIpc) is 2.31. The lowest BCUT2D eigenvalue weighted by atomic mass is 10.1. The molecule has 0 aliphatic rings. The van der Waals surface area contributed by atoms with Crippen molar-refractivity contribution in [2.75, 3.05) is 19.8 Å². The minimum atomic E-state index is -0.670. The highest BCUT2D eigenvalue weighted by Gasteiger charge is 1.94. The number of carboxylic acids is 1. The van der Waals surface area contributed by atoms with Crippen LogP contribution >= 0.6 is 0 Å². The van der Waals surface area contributed by atoms with Crippen molar-refractivity contribution in [1.82, 2.24) is 0 Å². The summed E-state index contributed by atoms with van der Waals surface area (Å²) in [5.41, 5.74) is 0. The molecule has 5 nitrogen and oxygen atoms in total. The number of hydrogen-bond donors (Lipinski definition) is 4. The molecule has 0 aliphatic heterocycles. The molecule has 19 heavy (non-hydrogen) atoms. The van der Waals surface area contributed by atoms with Crippen LogP contribution in [0, 0.1) is 0 Å². The van der Waals surface area contributed by atoms with Crippen LogP contribution in [0.2, 0.25) is 0 Å². The van der Waals surface area contributed by atoms with Crippen LogP contribution in [-0.2, 0) is 4.79 Å². The highest BCUT2D eigenvalue weighted by molar-refractivity contribution is 5.66. The van der Waals surface area contributed by atoms with Gasteiger partial charge in [-0.05, 0) is 27.2 Å². The Kier molecular flexibility index (Phi) is 50.8. The van der Waals surface area contributed by atoms with Gasteiger partial charge in [0.25, 0.3) is 0 Å². The fraction of sp³-hybridized carbons (Fsp3) is 0.929. The first kappa shape index (κ1) is 26.8. The molecule has 0 aromatic heterocycles. The summed E-state index contributed by atoms with van der Waals surface area (Å²) in [6, 6.07) is 0. The zero-order chi connectivity index (χ0) is 15.9. The maximum absolute atomic E-state index is 10.0. The van der Waals surface area contributed by atoms with Crippen LogP contribution in [0.4, 0.5) is 0 Å². The molecule has 0 spiro atoms. The van der Waals surface area contributed by atoms with Crippen molar-refractivity contribution < 1.29 is 25.2 Å². The van der Waals surface area contributed by atoms with Gasteiger partial charge in [0.1, 0.15) is 0 Å². The first-order valence-electron chi connectivity index (χ1n) is 7.06. The number of aliphatic carboxylic acids is 1. The fourth-order valence-electron chi connectivity index (χ4n) is 0.880. The molecule has 0 fully saturated rings. The summed E-state index contributed by atoms with van der Waals surface area (Å²) in [4.78, 5) is 10.0. The number of aliphatic hydroxyl groups is 3. The summed E-state index contributed by atoms with van der Waals surface area (Å²) in [5.74, 6) is -0.670. The van der Waals surface area contributed by atoms with E-state index in [0.717, 1.165) is 12.8 Å². The summed E-state index contributed by atoms with van der Waals surface area (Å²) in [7, 11) is 0. The predicted octanol–water partition coefficient (Wildman–Crippen LogP) is 2.43. The van der Waals surface area contributed by atoms with Gasteiger partial charge in [0.15, 0.2) is 0 Å². The number of carbonyl (C=O) groups is 1. The lowest BCUT2D eigenvalue weighted by molar-refractivity contribution is -0.137. The van der Waals surface area contributed by atoms with E-state index in [1.807, 2.05) is 0 Å². The lowest BCUT2D eigenvalue weighted by Crippen LogP contribution is -1.93. The fourth-order valence-corrected chi connectivity index (χ4v) is 0.880. The third-order valence-corrected chi connectivity index (χ3v) is 1.49. The van der Waals surface area contributed by atoms with Crippen molar-refractivity contribution in [3.63, 3.8) is 0 Å². The molecule has 0 aromatic rings. The zero-order valence-electron chi connectivity index (χ0n) is 13.1. The van der Waals surface area contributed by atoms with Crippen LogP contribution in [0.25, 0.3) is 0 Å². The molecule has 0 radical (unpaired) electrons. The number of unbranched alkanes of at least 4 members (excludes halogenated alkanes) is 4. The largest absolute Gasteiger partial charge is 0.481 e. The molecule has 0 aromatic carbocycles. The van der Waals surface area contributed by atoms with Crippen LogP contribution in [0.1, 0.15) is 66.2 Å². The molecule has 0 bridgehead atoms. The molecule has 0 rings (SSSR count). The molecule has 120 valence electrons. The third-order valence-electron chi connectivity index (χ3n) is 1.49. The molecule has 5 heteroatoms. The monoisotopic (exact) mass is 282 g/mol. The lowest BCUT2D eigenvalue weighted by Gasteiger charge is -1.95. The number of rotatable bonds is 6. The number of aliphatic hydroxyl groups excluding tert-OH is 3. The van der Waals surface area contributed by atoms with Gasteiger partial charge in [0, 0.05) is 26.2 Å². The van der Waals surface area contributed by atoms with Gasteiger partial charge in [0.05, 0.1) is 0 Å². The summed E-state index contributed by atoms with van der Waals surface area (Å²) in [5, 5.41) is 31.0. The SMILES string of the molecule is CCCCCCCC(=O)O.CCO.CCO.CCO. The molecule has 0 saturated heterocycles. The highest BCUT2D eigenvalue weighted by atomic mass is 16.4. The second-order valence-electron chi connectivity index (χ2n) is 3.51. The average molecular weight is 282 g/mol. The van der Waals surface area contributed by atoms with Crippen molar-refractivity contribution in [2.24, 2.45) is 0 Å². The van der Waals surface area contributed by atoms with Crippen LogP contribution in [-0.4, -0.2) is 46.2 Å². The van der Waals surface area contributed by atoms with E-state index >= 15 is 0 Å². The van der Waals surface area contributed by atoms with Gasteiger partial charge in [-0.2, -0.15) is 0 Å². The third kappa shape index (κ3) is 101. The smallest absolute Gasteiger partial charge is 0.303 e. The van der Waals surface area contributed by atoms with Crippen molar-refractivity contribution >= 4 is 5.97 Å². The van der Waals surface area contributed by atoms with Crippen LogP contribution < -0.4 is 0 Å². The molecular weight excluding hydrogens is 248 g/mol. The Balaban J connectivity index is -0.000000103. The van der Waals surface area contributed by atoms with E-state index in [1.54, 1.807) is 20.8 Å². The molecule has 0 atom stereocenters. The maximum atomic E-state index is 10.0. The van der Waals surface area contributed by atoms with E-state index in [0.29, 0.717) is 6.42 Å². The van der Waals surface area contributed by atoms with E-state index in [2.05, 4.69) is 6.92 Å². The Morgan fingerprint density at radius 2 is 1.05 bits per heavy atom. The van der Waals surface area contributed by atoms with E-state index in [1.165, 1.54) is 19.3 Å². The van der Waals surface area contributed by atoms with Gasteiger partial charge in [-0.25, -0.2) is 0 Å². The Labute approximate surface area is 118 Å². The normalized spacial score (nSPS) is 7.95. The molecular formula is C14H34O5. The standard InChI is InChI=1S/C8H16O2.3C2H6O/c1-2-3-4-5-6-7-8(9)10;3*1-2-3/h2-7H2,1H3,(H,9,10);3*3H,2H2,1H3. The molecule has 0 unspecified atom stereocenters. The maximum Gasteiger partial charge on any atom is 0.303 e. The van der Waals surface area contributed by atoms with Gasteiger partial charge in [-0.3, -0.25) is 4.79 Å². The van der Waals surface area contributed by atoms with E-state index in [4.69, 9.17) is 20.4 Å². The molecule has 0 amide bonds. The number of hydrogen-bond acceptors (Lipinski definition) is 4. The van der Waals surface area contributed by atoms with Crippen molar-refractivity contribution in [1.29, 1.82) is 0 Å². The minimum Gasteiger partial charge on any atom is -0.481 e. The first-order chi connectivity index (χ1) is 9.01. The number of carboxylic acid groups (broad SMARTS) is 1. The molecule has 0 heterocycles. The van der Waals surface area contributed by atoms with Gasteiger partial charge >= 0.3 is 5.97 Å². The van der Waals surface area contributed by atoms with Crippen LogP contribution in [0.3, 0.4) is 0 Å². The Hall–Kier alpha value is -0.650. The van der Waals surface area contributed by atoms with E-state index < -0.39 is 5.97 Å².